The lowest BCUT2D eigenvalue weighted by Gasteiger charge is -2.11. The Balaban J connectivity index is 1.99. The van der Waals surface area contributed by atoms with Crippen LogP contribution in [-0.2, 0) is 11.2 Å². The number of halogens is 3. The molecule has 2 rings (SSSR count). The van der Waals surface area contributed by atoms with Crippen LogP contribution in [0.3, 0.4) is 0 Å². The van der Waals surface area contributed by atoms with Crippen molar-refractivity contribution in [2.45, 2.75) is 13.3 Å². The Morgan fingerprint density at radius 2 is 1.83 bits per heavy atom. The van der Waals surface area contributed by atoms with Crippen LogP contribution in [0.15, 0.2) is 30.5 Å². The van der Waals surface area contributed by atoms with Gasteiger partial charge >= 0.3 is 0 Å². The molecular weight excluding hydrogens is 373 g/mol. The molecule has 0 atom stereocenters. The molecule has 0 fully saturated rings. The summed E-state index contributed by atoms with van der Waals surface area (Å²) in [6, 6.07) is 7.45. The van der Waals surface area contributed by atoms with E-state index in [1.807, 2.05) is 25.1 Å². The zero-order valence-electron chi connectivity index (χ0n) is 12.7. The highest BCUT2D eigenvalue weighted by molar-refractivity contribution is 6.48. The quantitative estimate of drug-likeness (QED) is 0.816. The van der Waals surface area contributed by atoms with E-state index in [1.165, 1.54) is 6.20 Å². The second kappa shape index (κ2) is 8.33. The first-order chi connectivity index (χ1) is 11.4. The van der Waals surface area contributed by atoms with E-state index >= 15 is 0 Å². The number of benzene rings is 1. The number of hydrogen-bond donors (Lipinski definition) is 2. The van der Waals surface area contributed by atoms with Crippen molar-refractivity contribution in [1.82, 2.24) is 10.3 Å². The van der Waals surface area contributed by atoms with Gasteiger partial charge < -0.3 is 10.6 Å². The molecule has 0 aliphatic carbocycles. The van der Waals surface area contributed by atoms with Gasteiger partial charge in [-0.3, -0.25) is 9.59 Å². The summed E-state index contributed by atoms with van der Waals surface area (Å²) in [7, 11) is 0. The van der Waals surface area contributed by atoms with E-state index in [-0.39, 0.29) is 33.2 Å². The van der Waals surface area contributed by atoms with Crippen molar-refractivity contribution in [2.24, 2.45) is 0 Å². The van der Waals surface area contributed by atoms with Gasteiger partial charge in [0.05, 0.1) is 21.6 Å². The average Bonchev–Trinajstić information content (AvgIpc) is 2.58. The van der Waals surface area contributed by atoms with Crippen molar-refractivity contribution in [3.63, 3.8) is 0 Å². The van der Waals surface area contributed by atoms with Crippen LogP contribution in [-0.4, -0.2) is 23.3 Å². The van der Waals surface area contributed by atoms with Crippen molar-refractivity contribution in [3.05, 3.63) is 56.8 Å². The maximum Gasteiger partial charge on any atom is 0.271 e. The smallest absolute Gasteiger partial charge is 0.271 e. The van der Waals surface area contributed by atoms with Gasteiger partial charge in [0.2, 0.25) is 5.91 Å². The molecule has 126 valence electrons. The minimum Gasteiger partial charge on any atom is -0.342 e. The first kappa shape index (κ1) is 18.5. The normalized spacial score (nSPS) is 10.3. The second-order valence-corrected chi connectivity index (χ2v) is 5.99. The number of para-hydroxylation sites is 1. The molecule has 2 aromatic rings. The van der Waals surface area contributed by atoms with Gasteiger partial charge in [0, 0.05) is 11.9 Å². The predicted octanol–water partition coefficient (Wildman–Crippen LogP) is 3.97. The summed E-state index contributed by atoms with van der Waals surface area (Å²) in [5.41, 5.74) is 1.63. The number of carbonyl (C=O) groups is 2. The maximum absolute atomic E-state index is 12.1. The van der Waals surface area contributed by atoms with Crippen LogP contribution < -0.4 is 10.6 Å². The number of aryl methyl sites for hydroxylation is 1. The van der Waals surface area contributed by atoms with Gasteiger partial charge in [0.1, 0.15) is 5.69 Å². The van der Waals surface area contributed by atoms with Crippen LogP contribution in [0.25, 0.3) is 0 Å². The standard InChI is InChI=1S/C16H14Cl3N3O2/c1-2-9-5-3-4-6-11(9)22-12(23)8-21-16(24)15-14(19)13(18)10(17)7-20-15/h3-7H,2,8H2,1H3,(H,21,24)(H,22,23). The number of pyridine rings is 1. The number of aromatic nitrogens is 1. The number of nitrogens with zero attached hydrogens (tertiary/aromatic N) is 1. The fourth-order valence-electron chi connectivity index (χ4n) is 1.99. The average molecular weight is 387 g/mol. The fraction of sp³-hybridized carbons (Fsp3) is 0.188. The van der Waals surface area contributed by atoms with Gasteiger partial charge in [-0.2, -0.15) is 0 Å². The largest absolute Gasteiger partial charge is 0.342 e. The third-order valence-electron chi connectivity index (χ3n) is 3.21. The lowest BCUT2D eigenvalue weighted by molar-refractivity contribution is -0.115. The SMILES string of the molecule is CCc1ccccc1NC(=O)CNC(=O)c1ncc(Cl)c(Cl)c1Cl. The number of carbonyl (C=O) groups excluding carboxylic acids is 2. The summed E-state index contributed by atoms with van der Waals surface area (Å²) in [5, 5.41) is 5.32. The Bertz CT molecular complexity index is 781. The minimum absolute atomic E-state index is 0.0415. The monoisotopic (exact) mass is 385 g/mol. The molecule has 5 nitrogen and oxygen atoms in total. The van der Waals surface area contributed by atoms with Gasteiger partial charge in [-0.25, -0.2) is 4.98 Å². The Morgan fingerprint density at radius 1 is 1.12 bits per heavy atom. The molecule has 0 unspecified atom stereocenters. The summed E-state index contributed by atoms with van der Waals surface area (Å²) in [6.45, 7) is 1.76. The van der Waals surface area contributed by atoms with Crippen molar-refractivity contribution in [2.75, 3.05) is 11.9 Å². The van der Waals surface area contributed by atoms with Gasteiger partial charge in [-0.15, -0.1) is 0 Å². The maximum atomic E-state index is 12.1. The Hall–Kier alpha value is -1.82. The van der Waals surface area contributed by atoms with E-state index in [0.717, 1.165) is 12.0 Å². The van der Waals surface area contributed by atoms with E-state index in [4.69, 9.17) is 34.8 Å². The second-order valence-electron chi connectivity index (χ2n) is 4.82. The summed E-state index contributed by atoms with van der Waals surface area (Å²) in [5.74, 6) is -0.974. The molecule has 24 heavy (non-hydrogen) atoms. The molecule has 0 saturated heterocycles. The van der Waals surface area contributed by atoms with Gasteiger partial charge in [0.25, 0.3) is 5.91 Å². The summed E-state index contributed by atoms with van der Waals surface area (Å²) in [6.07, 6.45) is 2.01. The molecule has 0 saturated carbocycles. The van der Waals surface area contributed by atoms with E-state index < -0.39 is 5.91 Å². The van der Waals surface area contributed by atoms with Crippen molar-refractivity contribution < 1.29 is 9.59 Å². The molecule has 0 aliphatic rings. The number of rotatable bonds is 5. The van der Waals surface area contributed by atoms with Crippen LogP contribution >= 0.6 is 34.8 Å². The third kappa shape index (κ3) is 4.38. The van der Waals surface area contributed by atoms with Crippen molar-refractivity contribution >= 4 is 52.3 Å². The molecule has 2 N–H and O–H groups in total. The lowest BCUT2D eigenvalue weighted by atomic mass is 10.1. The molecule has 8 heteroatoms. The number of nitrogens with one attached hydrogen (secondary N) is 2. The van der Waals surface area contributed by atoms with Gasteiger partial charge in [-0.1, -0.05) is 59.9 Å². The molecule has 0 bridgehead atoms. The zero-order valence-corrected chi connectivity index (χ0v) is 15.0. The fourth-order valence-corrected chi connectivity index (χ4v) is 2.56. The first-order valence-corrected chi connectivity index (χ1v) is 8.22. The van der Waals surface area contributed by atoms with Crippen LogP contribution in [0, 0.1) is 0 Å². The van der Waals surface area contributed by atoms with Crippen molar-refractivity contribution in [1.29, 1.82) is 0 Å². The number of anilines is 1. The summed E-state index contributed by atoms with van der Waals surface area (Å²) >= 11 is 17.6. The van der Waals surface area contributed by atoms with Crippen LogP contribution in [0.5, 0.6) is 0 Å². The highest BCUT2D eigenvalue weighted by atomic mass is 35.5. The molecule has 0 aliphatic heterocycles. The predicted molar refractivity (Wildman–Crippen MR) is 96.0 cm³/mol. The molecule has 1 heterocycles. The minimum atomic E-state index is -0.613. The zero-order chi connectivity index (χ0) is 17.7. The first-order valence-electron chi connectivity index (χ1n) is 7.09. The Kier molecular flexibility index (Phi) is 6.43. The lowest BCUT2D eigenvalue weighted by Crippen LogP contribution is -2.33. The van der Waals surface area contributed by atoms with Gasteiger partial charge in [0.15, 0.2) is 0 Å². The van der Waals surface area contributed by atoms with E-state index in [1.54, 1.807) is 6.07 Å². The third-order valence-corrected chi connectivity index (χ3v) is 4.45. The molecule has 0 spiro atoms. The van der Waals surface area contributed by atoms with Crippen LogP contribution in [0.1, 0.15) is 23.0 Å². The topological polar surface area (TPSA) is 71.1 Å². The molecule has 2 amide bonds. The van der Waals surface area contributed by atoms with Crippen LogP contribution in [0.4, 0.5) is 5.69 Å². The highest BCUT2D eigenvalue weighted by Crippen LogP contribution is 2.30. The van der Waals surface area contributed by atoms with E-state index in [9.17, 15) is 9.59 Å². The molecule has 0 radical (unpaired) electrons. The van der Waals surface area contributed by atoms with Gasteiger partial charge in [-0.05, 0) is 18.1 Å². The number of amides is 2. The summed E-state index contributed by atoms with van der Waals surface area (Å²) < 4.78 is 0. The van der Waals surface area contributed by atoms with E-state index in [0.29, 0.717) is 5.69 Å². The van der Waals surface area contributed by atoms with Crippen molar-refractivity contribution in [3.8, 4) is 0 Å². The summed E-state index contributed by atoms with van der Waals surface area (Å²) in [4.78, 5) is 27.9. The number of hydrogen-bond acceptors (Lipinski definition) is 3. The molecule has 1 aromatic heterocycles. The Labute approximate surface area is 154 Å². The highest BCUT2D eigenvalue weighted by Gasteiger charge is 2.17. The Morgan fingerprint density at radius 3 is 2.54 bits per heavy atom. The molecular formula is C16H14Cl3N3O2. The van der Waals surface area contributed by atoms with E-state index in [2.05, 4.69) is 15.6 Å². The molecule has 1 aromatic carbocycles. The van der Waals surface area contributed by atoms with Crippen LogP contribution in [0.2, 0.25) is 15.1 Å².